The Balaban J connectivity index is 1.70. The SMILES string of the molecule is Cc1ccc(C)c(OCCNC(=O)[C@@H]2CCCCN2)c1. The molecule has 1 amide bonds. The van der Waals surface area contributed by atoms with Gasteiger partial charge in [0.25, 0.3) is 0 Å². The van der Waals surface area contributed by atoms with Crippen LogP contribution >= 0.6 is 0 Å². The number of hydrogen-bond donors (Lipinski definition) is 2. The maximum Gasteiger partial charge on any atom is 0.237 e. The Morgan fingerprint density at radius 3 is 3.00 bits per heavy atom. The number of aryl methyl sites for hydroxylation is 2. The third kappa shape index (κ3) is 4.23. The first-order chi connectivity index (χ1) is 9.66. The number of hydrogen-bond acceptors (Lipinski definition) is 3. The molecule has 4 heteroatoms. The molecular formula is C16H24N2O2. The van der Waals surface area contributed by atoms with E-state index in [2.05, 4.69) is 22.8 Å². The van der Waals surface area contributed by atoms with Crippen LogP contribution in [-0.4, -0.2) is 31.6 Å². The van der Waals surface area contributed by atoms with Crippen LogP contribution in [0.5, 0.6) is 5.75 Å². The zero-order valence-corrected chi connectivity index (χ0v) is 12.4. The van der Waals surface area contributed by atoms with Crippen LogP contribution in [0.25, 0.3) is 0 Å². The third-order valence-electron chi connectivity index (χ3n) is 3.63. The molecule has 1 fully saturated rings. The van der Waals surface area contributed by atoms with Gasteiger partial charge in [-0.1, -0.05) is 18.6 Å². The molecule has 0 bridgehead atoms. The number of rotatable bonds is 5. The fourth-order valence-corrected chi connectivity index (χ4v) is 2.40. The lowest BCUT2D eigenvalue weighted by atomic mass is 10.0. The van der Waals surface area contributed by atoms with Crippen molar-refractivity contribution < 1.29 is 9.53 Å². The summed E-state index contributed by atoms with van der Waals surface area (Å²) in [6.45, 7) is 6.06. The summed E-state index contributed by atoms with van der Waals surface area (Å²) in [6, 6.07) is 6.12. The second-order valence-corrected chi connectivity index (χ2v) is 5.41. The number of piperidine rings is 1. The van der Waals surface area contributed by atoms with Gasteiger partial charge in [0, 0.05) is 0 Å². The molecule has 0 aromatic heterocycles. The molecule has 1 aromatic carbocycles. The largest absolute Gasteiger partial charge is 0.491 e. The normalized spacial score (nSPS) is 18.6. The van der Waals surface area contributed by atoms with Crippen molar-refractivity contribution in [1.82, 2.24) is 10.6 Å². The fraction of sp³-hybridized carbons (Fsp3) is 0.562. The van der Waals surface area contributed by atoms with Gasteiger partial charge >= 0.3 is 0 Å². The van der Waals surface area contributed by atoms with E-state index in [9.17, 15) is 4.79 Å². The lowest BCUT2D eigenvalue weighted by molar-refractivity contribution is -0.123. The molecule has 1 atom stereocenters. The van der Waals surface area contributed by atoms with Gasteiger partial charge in [-0.3, -0.25) is 4.79 Å². The van der Waals surface area contributed by atoms with Crippen molar-refractivity contribution in [1.29, 1.82) is 0 Å². The van der Waals surface area contributed by atoms with Gasteiger partial charge in [-0.15, -0.1) is 0 Å². The average Bonchev–Trinajstić information content (AvgIpc) is 2.47. The molecule has 1 heterocycles. The van der Waals surface area contributed by atoms with Crippen LogP contribution in [0, 0.1) is 13.8 Å². The van der Waals surface area contributed by atoms with Crippen molar-refractivity contribution in [3.63, 3.8) is 0 Å². The van der Waals surface area contributed by atoms with E-state index in [0.29, 0.717) is 13.2 Å². The van der Waals surface area contributed by atoms with Gasteiger partial charge in [0.05, 0.1) is 12.6 Å². The van der Waals surface area contributed by atoms with Gasteiger partial charge in [-0.25, -0.2) is 0 Å². The Morgan fingerprint density at radius 1 is 1.40 bits per heavy atom. The monoisotopic (exact) mass is 276 g/mol. The summed E-state index contributed by atoms with van der Waals surface area (Å²) in [5.41, 5.74) is 2.30. The summed E-state index contributed by atoms with van der Waals surface area (Å²) in [5, 5.41) is 6.17. The second-order valence-electron chi connectivity index (χ2n) is 5.41. The molecule has 2 rings (SSSR count). The van der Waals surface area contributed by atoms with Gasteiger partial charge in [0.1, 0.15) is 12.4 Å². The van der Waals surface area contributed by atoms with Crippen molar-refractivity contribution >= 4 is 5.91 Å². The highest BCUT2D eigenvalue weighted by molar-refractivity contribution is 5.81. The van der Waals surface area contributed by atoms with Crippen LogP contribution in [0.4, 0.5) is 0 Å². The van der Waals surface area contributed by atoms with Crippen molar-refractivity contribution in [2.75, 3.05) is 19.7 Å². The maximum absolute atomic E-state index is 11.9. The molecule has 0 saturated carbocycles. The first-order valence-electron chi connectivity index (χ1n) is 7.38. The molecule has 20 heavy (non-hydrogen) atoms. The lowest BCUT2D eigenvalue weighted by Crippen LogP contribution is -2.47. The van der Waals surface area contributed by atoms with Crippen molar-refractivity contribution in [3.05, 3.63) is 29.3 Å². The molecule has 1 aliphatic rings. The first-order valence-corrected chi connectivity index (χ1v) is 7.38. The number of carbonyl (C=O) groups is 1. The highest BCUT2D eigenvalue weighted by Gasteiger charge is 2.19. The zero-order valence-electron chi connectivity index (χ0n) is 12.4. The topological polar surface area (TPSA) is 50.4 Å². The van der Waals surface area contributed by atoms with Gasteiger partial charge in [0.15, 0.2) is 0 Å². The molecule has 0 unspecified atom stereocenters. The summed E-state index contributed by atoms with van der Waals surface area (Å²) >= 11 is 0. The molecule has 110 valence electrons. The van der Waals surface area contributed by atoms with E-state index in [4.69, 9.17) is 4.74 Å². The summed E-state index contributed by atoms with van der Waals surface area (Å²) in [6.07, 6.45) is 3.23. The highest BCUT2D eigenvalue weighted by atomic mass is 16.5. The predicted molar refractivity (Wildman–Crippen MR) is 80.1 cm³/mol. The molecule has 2 N–H and O–H groups in total. The van der Waals surface area contributed by atoms with E-state index in [0.717, 1.165) is 30.7 Å². The van der Waals surface area contributed by atoms with Gasteiger partial charge in [-0.2, -0.15) is 0 Å². The smallest absolute Gasteiger partial charge is 0.237 e. The van der Waals surface area contributed by atoms with Crippen LogP contribution < -0.4 is 15.4 Å². The number of amides is 1. The number of ether oxygens (including phenoxy) is 1. The lowest BCUT2D eigenvalue weighted by Gasteiger charge is -2.22. The van der Waals surface area contributed by atoms with Crippen molar-refractivity contribution in [2.45, 2.75) is 39.2 Å². The van der Waals surface area contributed by atoms with Crippen LogP contribution in [-0.2, 0) is 4.79 Å². The number of nitrogens with one attached hydrogen (secondary N) is 2. The molecule has 4 nitrogen and oxygen atoms in total. The Labute approximate surface area is 120 Å². The predicted octanol–water partition coefficient (Wildman–Crippen LogP) is 1.94. The van der Waals surface area contributed by atoms with Crippen LogP contribution in [0.15, 0.2) is 18.2 Å². The minimum Gasteiger partial charge on any atom is -0.491 e. The van der Waals surface area contributed by atoms with Crippen LogP contribution in [0.1, 0.15) is 30.4 Å². The highest BCUT2D eigenvalue weighted by Crippen LogP contribution is 2.18. The van der Waals surface area contributed by atoms with Gasteiger partial charge < -0.3 is 15.4 Å². The van der Waals surface area contributed by atoms with E-state index in [1.807, 2.05) is 19.9 Å². The molecule has 1 aromatic rings. The average molecular weight is 276 g/mol. The molecule has 1 saturated heterocycles. The first kappa shape index (κ1) is 14.9. The van der Waals surface area contributed by atoms with E-state index < -0.39 is 0 Å². The van der Waals surface area contributed by atoms with Crippen molar-refractivity contribution in [3.8, 4) is 5.75 Å². The summed E-state index contributed by atoms with van der Waals surface area (Å²) in [5.74, 6) is 0.990. The molecular weight excluding hydrogens is 252 g/mol. The molecule has 0 aliphatic carbocycles. The fourth-order valence-electron chi connectivity index (χ4n) is 2.40. The standard InChI is InChI=1S/C16H24N2O2/c1-12-6-7-13(2)15(11-12)20-10-9-18-16(19)14-5-3-4-8-17-14/h6-7,11,14,17H,3-5,8-10H2,1-2H3,(H,18,19)/t14-/m0/s1. The van der Waals surface area contributed by atoms with Crippen LogP contribution in [0.2, 0.25) is 0 Å². The molecule has 0 radical (unpaired) electrons. The number of benzene rings is 1. The summed E-state index contributed by atoms with van der Waals surface area (Å²) in [7, 11) is 0. The Hall–Kier alpha value is -1.55. The summed E-state index contributed by atoms with van der Waals surface area (Å²) < 4.78 is 5.72. The van der Waals surface area contributed by atoms with E-state index in [-0.39, 0.29) is 11.9 Å². The third-order valence-corrected chi connectivity index (χ3v) is 3.63. The zero-order chi connectivity index (χ0) is 14.4. The Kier molecular flexibility index (Phi) is 5.41. The van der Waals surface area contributed by atoms with E-state index in [1.54, 1.807) is 0 Å². The number of carbonyl (C=O) groups excluding carboxylic acids is 1. The van der Waals surface area contributed by atoms with Gasteiger partial charge in [-0.05, 0) is 50.4 Å². The quantitative estimate of drug-likeness (QED) is 0.808. The summed E-state index contributed by atoms with van der Waals surface area (Å²) in [4.78, 5) is 11.9. The minimum atomic E-state index is -0.0237. The van der Waals surface area contributed by atoms with E-state index >= 15 is 0 Å². The molecule has 1 aliphatic heterocycles. The van der Waals surface area contributed by atoms with Crippen molar-refractivity contribution in [2.24, 2.45) is 0 Å². The van der Waals surface area contributed by atoms with Crippen LogP contribution in [0.3, 0.4) is 0 Å². The minimum absolute atomic E-state index is 0.0237. The second kappa shape index (κ2) is 7.29. The molecule has 0 spiro atoms. The van der Waals surface area contributed by atoms with Gasteiger partial charge in [0.2, 0.25) is 5.91 Å². The Bertz CT molecular complexity index is 454. The van der Waals surface area contributed by atoms with E-state index in [1.165, 1.54) is 12.0 Å². The Morgan fingerprint density at radius 2 is 2.25 bits per heavy atom. The maximum atomic E-state index is 11.9.